The highest BCUT2D eigenvalue weighted by atomic mass is 79.9. The number of quaternary nitrogens is 2. The van der Waals surface area contributed by atoms with E-state index in [-0.39, 0.29) is 58.7 Å². The molecule has 0 fully saturated rings. The Kier molecular flexibility index (Phi) is 25.2. The highest BCUT2D eigenvalue weighted by Gasteiger charge is 2.17. The summed E-state index contributed by atoms with van der Waals surface area (Å²) in [5.74, 6) is -0.438. The van der Waals surface area contributed by atoms with Crippen LogP contribution in [0.1, 0.15) is 84.5 Å². The molecule has 0 rings (SSSR count). The van der Waals surface area contributed by atoms with Crippen molar-refractivity contribution in [3.05, 3.63) is 0 Å². The van der Waals surface area contributed by atoms with Crippen LogP contribution in [-0.4, -0.2) is 88.5 Å². The van der Waals surface area contributed by atoms with Crippen molar-refractivity contribution in [1.82, 2.24) is 0 Å². The molecule has 8 heteroatoms. The molecule has 0 aliphatic rings. The average Bonchev–Trinajstić information content (AvgIpc) is 2.68. The van der Waals surface area contributed by atoms with Gasteiger partial charge < -0.3 is 52.4 Å². The van der Waals surface area contributed by atoms with E-state index in [0.717, 1.165) is 35.1 Å². The fourth-order valence-electron chi connectivity index (χ4n) is 3.49. The van der Waals surface area contributed by atoms with Crippen LogP contribution >= 0.6 is 0 Å². The van der Waals surface area contributed by atoms with Gasteiger partial charge in [-0.3, -0.25) is 9.59 Å². The Morgan fingerprint density at radius 2 is 0.909 bits per heavy atom. The molecular formula is C25H52Br2N2O4. The van der Waals surface area contributed by atoms with Crippen molar-refractivity contribution in [3.63, 3.8) is 0 Å². The SMILES string of the molecule is CCCCCC[N+](C)(C)CCOC(=O)CCCC(=O)OCC[N+](C)(C)CCCCCC.[Br-].[Br-]. The van der Waals surface area contributed by atoms with Crippen molar-refractivity contribution < 1.29 is 62.0 Å². The van der Waals surface area contributed by atoms with E-state index in [2.05, 4.69) is 42.0 Å². The lowest BCUT2D eigenvalue weighted by atomic mass is 10.2. The molecule has 0 saturated heterocycles. The van der Waals surface area contributed by atoms with Crippen LogP contribution in [0.4, 0.5) is 0 Å². The van der Waals surface area contributed by atoms with Gasteiger partial charge >= 0.3 is 11.9 Å². The maximum atomic E-state index is 11.9. The number of hydrogen-bond donors (Lipinski definition) is 0. The average molecular weight is 605 g/mol. The Morgan fingerprint density at radius 3 is 1.24 bits per heavy atom. The summed E-state index contributed by atoms with van der Waals surface area (Å²) in [5.41, 5.74) is 0. The first-order valence-corrected chi connectivity index (χ1v) is 12.6. The normalized spacial score (nSPS) is 11.3. The number of nitrogens with zero attached hydrogens (tertiary/aromatic N) is 2. The third-order valence-corrected chi connectivity index (χ3v) is 5.92. The molecule has 6 nitrogen and oxygen atoms in total. The minimum atomic E-state index is -0.219. The minimum absolute atomic E-state index is 0. The van der Waals surface area contributed by atoms with Crippen LogP contribution in [0.15, 0.2) is 0 Å². The first-order chi connectivity index (χ1) is 14.6. The van der Waals surface area contributed by atoms with Gasteiger partial charge in [-0.15, -0.1) is 0 Å². The molecule has 0 spiro atoms. The molecule has 0 aliphatic carbocycles. The van der Waals surface area contributed by atoms with E-state index in [9.17, 15) is 9.59 Å². The second-order valence-electron chi connectivity index (χ2n) is 10.2. The van der Waals surface area contributed by atoms with Crippen LogP contribution in [0.5, 0.6) is 0 Å². The summed E-state index contributed by atoms with van der Waals surface area (Å²) in [4.78, 5) is 23.8. The summed E-state index contributed by atoms with van der Waals surface area (Å²) in [6, 6.07) is 0. The number of halogens is 2. The number of likely N-dealkylation sites (N-methyl/N-ethyl adjacent to an activating group) is 2. The summed E-state index contributed by atoms with van der Waals surface area (Å²) in [6.45, 7) is 9.18. The molecule has 0 aliphatic heterocycles. The van der Waals surface area contributed by atoms with E-state index in [1.807, 2.05) is 0 Å². The van der Waals surface area contributed by atoms with E-state index >= 15 is 0 Å². The maximum Gasteiger partial charge on any atom is 0.306 e. The van der Waals surface area contributed by atoms with Crippen molar-refractivity contribution in [1.29, 1.82) is 0 Å². The zero-order valence-electron chi connectivity index (χ0n) is 22.3. The Morgan fingerprint density at radius 1 is 0.545 bits per heavy atom. The van der Waals surface area contributed by atoms with Gasteiger partial charge in [0.2, 0.25) is 0 Å². The molecule has 0 unspecified atom stereocenters. The fourth-order valence-corrected chi connectivity index (χ4v) is 3.49. The van der Waals surface area contributed by atoms with E-state index in [0.29, 0.717) is 19.6 Å². The van der Waals surface area contributed by atoms with Crippen molar-refractivity contribution in [3.8, 4) is 0 Å². The maximum absolute atomic E-state index is 11.9. The van der Waals surface area contributed by atoms with Gasteiger partial charge in [0.15, 0.2) is 0 Å². The van der Waals surface area contributed by atoms with Crippen LogP contribution in [0.2, 0.25) is 0 Å². The number of hydrogen-bond acceptors (Lipinski definition) is 4. The number of unbranched alkanes of at least 4 members (excludes halogenated alkanes) is 6. The van der Waals surface area contributed by atoms with Crippen molar-refractivity contribution in [2.75, 3.05) is 67.6 Å². The smallest absolute Gasteiger partial charge is 0.306 e. The largest absolute Gasteiger partial charge is 1.00 e. The molecule has 0 atom stereocenters. The molecule has 33 heavy (non-hydrogen) atoms. The summed E-state index contributed by atoms with van der Waals surface area (Å²) in [6.07, 6.45) is 11.1. The lowest BCUT2D eigenvalue weighted by Crippen LogP contribution is -3.00. The van der Waals surface area contributed by atoms with Crippen LogP contribution in [0, 0.1) is 0 Å². The van der Waals surface area contributed by atoms with Gasteiger partial charge in [0.05, 0.1) is 41.3 Å². The number of ether oxygens (including phenoxy) is 2. The van der Waals surface area contributed by atoms with E-state index in [1.165, 1.54) is 51.4 Å². The van der Waals surface area contributed by atoms with Gasteiger partial charge in [0.25, 0.3) is 0 Å². The van der Waals surface area contributed by atoms with Crippen LogP contribution in [0.25, 0.3) is 0 Å². The van der Waals surface area contributed by atoms with Gasteiger partial charge in [0, 0.05) is 12.8 Å². The number of rotatable bonds is 20. The molecule has 200 valence electrons. The summed E-state index contributed by atoms with van der Waals surface area (Å²) < 4.78 is 12.5. The Balaban J connectivity index is -0.00000450. The third kappa shape index (κ3) is 24.7. The Bertz CT molecular complexity index is 447. The Labute approximate surface area is 225 Å². The zero-order chi connectivity index (χ0) is 23.6. The Hall–Kier alpha value is -0.180. The minimum Gasteiger partial charge on any atom is -1.00 e. The number of carbonyl (C=O) groups excluding carboxylic acids is 2. The lowest BCUT2D eigenvalue weighted by molar-refractivity contribution is -0.890. The first-order valence-electron chi connectivity index (χ1n) is 12.6. The fraction of sp³-hybridized carbons (Fsp3) is 0.920. The van der Waals surface area contributed by atoms with Crippen molar-refractivity contribution >= 4 is 11.9 Å². The molecule has 0 aromatic rings. The molecule has 0 radical (unpaired) electrons. The summed E-state index contributed by atoms with van der Waals surface area (Å²) >= 11 is 0. The van der Waals surface area contributed by atoms with Crippen LogP contribution in [0.3, 0.4) is 0 Å². The van der Waals surface area contributed by atoms with E-state index in [4.69, 9.17) is 9.47 Å². The topological polar surface area (TPSA) is 52.6 Å². The molecule has 0 amide bonds. The van der Waals surface area contributed by atoms with Crippen molar-refractivity contribution in [2.24, 2.45) is 0 Å². The molecule has 0 aromatic heterocycles. The second kappa shape index (κ2) is 22.3. The number of esters is 2. The standard InChI is InChI=1S/C25H52N2O4.2BrH/c1-7-9-11-13-18-26(3,4)20-22-30-24(28)16-15-17-25(29)31-23-21-27(5,6)19-14-12-10-8-2;;/h7-23H2,1-6H3;2*1H/q+2;;/p-2. The van der Waals surface area contributed by atoms with Gasteiger partial charge in [-0.2, -0.15) is 0 Å². The first kappa shape index (κ1) is 37.4. The summed E-state index contributed by atoms with van der Waals surface area (Å²) in [7, 11) is 8.73. The van der Waals surface area contributed by atoms with Gasteiger partial charge in [-0.1, -0.05) is 39.5 Å². The molecular weight excluding hydrogens is 552 g/mol. The molecule has 0 saturated carbocycles. The summed E-state index contributed by atoms with van der Waals surface area (Å²) in [5, 5.41) is 0. The molecule has 0 bridgehead atoms. The molecule has 0 aromatic carbocycles. The van der Waals surface area contributed by atoms with Gasteiger partial charge in [-0.05, 0) is 32.1 Å². The monoisotopic (exact) mass is 602 g/mol. The van der Waals surface area contributed by atoms with Crippen molar-refractivity contribution in [2.45, 2.75) is 84.5 Å². The lowest BCUT2D eigenvalue weighted by Gasteiger charge is -2.29. The second-order valence-corrected chi connectivity index (χ2v) is 10.2. The predicted molar refractivity (Wildman–Crippen MR) is 128 cm³/mol. The third-order valence-electron chi connectivity index (χ3n) is 5.92. The van der Waals surface area contributed by atoms with Crippen LogP contribution < -0.4 is 34.0 Å². The predicted octanol–water partition coefficient (Wildman–Crippen LogP) is -1.44. The van der Waals surface area contributed by atoms with Gasteiger partial charge in [-0.25, -0.2) is 0 Å². The molecule has 0 heterocycles. The quantitative estimate of drug-likeness (QED) is 0.0972. The van der Waals surface area contributed by atoms with Gasteiger partial charge in [0.1, 0.15) is 26.3 Å². The van der Waals surface area contributed by atoms with Crippen LogP contribution in [-0.2, 0) is 19.1 Å². The highest BCUT2D eigenvalue weighted by molar-refractivity contribution is 5.72. The zero-order valence-corrected chi connectivity index (χ0v) is 25.5. The highest BCUT2D eigenvalue weighted by Crippen LogP contribution is 2.07. The van der Waals surface area contributed by atoms with E-state index in [1.54, 1.807) is 0 Å². The number of carbonyl (C=O) groups is 2. The molecule has 0 N–H and O–H groups in total. The van der Waals surface area contributed by atoms with E-state index < -0.39 is 0 Å².